The predicted octanol–water partition coefficient (Wildman–Crippen LogP) is 1.57. The third-order valence-corrected chi connectivity index (χ3v) is 3.05. The first kappa shape index (κ1) is 8.53. The number of nitrogens with two attached hydrogens (primary N) is 1. The Morgan fingerprint density at radius 2 is 2.42 bits per heavy atom. The Morgan fingerprint density at radius 1 is 1.67 bits per heavy atom. The van der Waals surface area contributed by atoms with Crippen molar-refractivity contribution in [2.45, 2.75) is 25.4 Å². The second-order valence-electron chi connectivity index (χ2n) is 3.03. The van der Waals surface area contributed by atoms with E-state index in [-0.39, 0.29) is 6.04 Å². The summed E-state index contributed by atoms with van der Waals surface area (Å²) >= 11 is 9.25. The van der Waals surface area contributed by atoms with Crippen molar-refractivity contribution in [1.82, 2.24) is 9.55 Å². The molecular formula is C7H9BrClN3. The van der Waals surface area contributed by atoms with E-state index in [0.717, 1.165) is 29.8 Å². The summed E-state index contributed by atoms with van der Waals surface area (Å²) in [5.74, 6) is 0. The first-order valence-corrected chi connectivity index (χ1v) is 5.01. The number of imidazole rings is 1. The summed E-state index contributed by atoms with van der Waals surface area (Å²) in [7, 11) is 0. The van der Waals surface area contributed by atoms with Crippen molar-refractivity contribution < 1.29 is 0 Å². The molecule has 1 aliphatic heterocycles. The monoisotopic (exact) mass is 249 g/mol. The van der Waals surface area contributed by atoms with E-state index in [1.54, 1.807) is 0 Å². The van der Waals surface area contributed by atoms with Gasteiger partial charge in [-0.15, -0.1) is 0 Å². The Balaban J connectivity index is 2.45. The van der Waals surface area contributed by atoms with Gasteiger partial charge in [0.25, 0.3) is 0 Å². The molecule has 2 rings (SSSR count). The molecule has 0 radical (unpaired) electrons. The zero-order valence-electron chi connectivity index (χ0n) is 6.43. The Kier molecular flexibility index (Phi) is 2.14. The molecule has 0 spiro atoms. The lowest BCUT2D eigenvalue weighted by Crippen LogP contribution is -2.31. The van der Waals surface area contributed by atoms with Gasteiger partial charge >= 0.3 is 0 Å². The van der Waals surface area contributed by atoms with Crippen LogP contribution in [0.3, 0.4) is 0 Å². The molecule has 1 aromatic rings. The fraction of sp³-hybridized carbons (Fsp3) is 0.571. The molecule has 2 heterocycles. The van der Waals surface area contributed by atoms with Crippen molar-refractivity contribution in [2.75, 3.05) is 0 Å². The third kappa shape index (κ3) is 1.28. The van der Waals surface area contributed by atoms with E-state index in [4.69, 9.17) is 17.3 Å². The van der Waals surface area contributed by atoms with Crippen LogP contribution in [-0.2, 0) is 13.0 Å². The van der Waals surface area contributed by atoms with Crippen LogP contribution in [0.15, 0.2) is 4.73 Å². The number of fused-ring (bicyclic) bond motifs is 1. The lowest BCUT2D eigenvalue weighted by molar-refractivity contribution is 0.455. The first-order chi connectivity index (χ1) is 5.68. The number of halogens is 2. The minimum atomic E-state index is 0.235. The maximum atomic E-state index is 5.91. The minimum absolute atomic E-state index is 0.235. The van der Waals surface area contributed by atoms with Crippen LogP contribution in [0.5, 0.6) is 0 Å². The molecule has 12 heavy (non-hydrogen) atoms. The highest BCUT2D eigenvalue weighted by Crippen LogP contribution is 2.26. The van der Waals surface area contributed by atoms with Gasteiger partial charge in [0.05, 0.1) is 5.69 Å². The van der Waals surface area contributed by atoms with Crippen molar-refractivity contribution >= 4 is 27.5 Å². The number of rotatable bonds is 0. The summed E-state index contributed by atoms with van der Waals surface area (Å²) in [5, 5.41) is 0.605. The lowest BCUT2D eigenvalue weighted by atomic mass is 10.1. The molecule has 0 aromatic carbocycles. The Morgan fingerprint density at radius 3 is 3.17 bits per heavy atom. The van der Waals surface area contributed by atoms with Crippen molar-refractivity contribution in [1.29, 1.82) is 0 Å². The molecule has 1 unspecified atom stereocenters. The standard InChI is InChI=1S/C7H9BrClN3/c8-7-11-6(9)5-2-1-4(10)3-12(5)7/h4H,1-3,10H2. The molecule has 2 N–H and O–H groups in total. The van der Waals surface area contributed by atoms with E-state index in [9.17, 15) is 0 Å². The number of aromatic nitrogens is 2. The van der Waals surface area contributed by atoms with E-state index >= 15 is 0 Å². The largest absolute Gasteiger partial charge is 0.326 e. The SMILES string of the molecule is NC1CCc2c(Cl)nc(Br)n2C1. The van der Waals surface area contributed by atoms with Gasteiger partial charge in [0.2, 0.25) is 0 Å². The maximum absolute atomic E-state index is 5.91. The summed E-state index contributed by atoms with van der Waals surface area (Å²) in [6, 6.07) is 0.235. The average molecular weight is 251 g/mol. The molecule has 1 atom stereocenters. The Bertz CT molecular complexity index is 310. The van der Waals surface area contributed by atoms with Gasteiger partial charge in [-0.1, -0.05) is 11.6 Å². The Hall–Kier alpha value is -0.0600. The second-order valence-corrected chi connectivity index (χ2v) is 4.09. The molecule has 0 aliphatic carbocycles. The molecule has 0 saturated heterocycles. The van der Waals surface area contributed by atoms with E-state index < -0.39 is 0 Å². The van der Waals surface area contributed by atoms with Crippen LogP contribution in [0, 0.1) is 0 Å². The molecule has 1 aliphatic rings. The first-order valence-electron chi connectivity index (χ1n) is 3.84. The van der Waals surface area contributed by atoms with E-state index in [1.165, 1.54) is 0 Å². The number of nitrogens with zero attached hydrogens (tertiary/aromatic N) is 2. The van der Waals surface area contributed by atoms with Gasteiger partial charge in [-0.3, -0.25) is 0 Å². The molecule has 0 fully saturated rings. The van der Waals surface area contributed by atoms with Gasteiger partial charge in [0.15, 0.2) is 9.89 Å². The molecule has 1 aromatic heterocycles. The van der Waals surface area contributed by atoms with Crippen LogP contribution in [0.4, 0.5) is 0 Å². The van der Waals surface area contributed by atoms with Crippen molar-refractivity contribution in [3.63, 3.8) is 0 Å². The number of hydrogen-bond acceptors (Lipinski definition) is 2. The summed E-state index contributed by atoms with van der Waals surface area (Å²) in [6.45, 7) is 0.815. The molecular weight excluding hydrogens is 241 g/mol. The quantitative estimate of drug-likeness (QED) is 0.760. The van der Waals surface area contributed by atoms with Gasteiger partial charge in [-0.25, -0.2) is 4.98 Å². The topological polar surface area (TPSA) is 43.8 Å². The second kappa shape index (κ2) is 3.01. The predicted molar refractivity (Wildman–Crippen MR) is 51.2 cm³/mol. The maximum Gasteiger partial charge on any atom is 0.178 e. The average Bonchev–Trinajstić information content (AvgIpc) is 2.28. The molecule has 5 heteroatoms. The van der Waals surface area contributed by atoms with Gasteiger partial charge < -0.3 is 10.3 Å². The van der Waals surface area contributed by atoms with Crippen LogP contribution < -0.4 is 5.73 Å². The van der Waals surface area contributed by atoms with Crippen LogP contribution in [0.1, 0.15) is 12.1 Å². The van der Waals surface area contributed by atoms with Crippen molar-refractivity contribution in [2.24, 2.45) is 5.73 Å². The van der Waals surface area contributed by atoms with Crippen molar-refractivity contribution in [3.05, 3.63) is 15.6 Å². The van der Waals surface area contributed by atoms with Crippen LogP contribution >= 0.6 is 27.5 Å². The van der Waals surface area contributed by atoms with Crippen LogP contribution in [0.25, 0.3) is 0 Å². The third-order valence-electron chi connectivity index (χ3n) is 2.15. The van der Waals surface area contributed by atoms with E-state index in [1.807, 2.05) is 4.57 Å². The smallest absolute Gasteiger partial charge is 0.178 e. The molecule has 3 nitrogen and oxygen atoms in total. The van der Waals surface area contributed by atoms with Crippen LogP contribution in [-0.4, -0.2) is 15.6 Å². The number of hydrogen-bond donors (Lipinski definition) is 1. The zero-order chi connectivity index (χ0) is 8.72. The highest BCUT2D eigenvalue weighted by molar-refractivity contribution is 9.10. The van der Waals surface area contributed by atoms with Crippen molar-refractivity contribution in [3.8, 4) is 0 Å². The fourth-order valence-electron chi connectivity index (χ4n) is 1.50. The lowest BCUT2D eigenvalue weighted by Gasteiger charge is -2.21. The Labute approximate surface area is 84.0 Å². The summed E-state index contributed by atoms with van der Waals surface area (Å²) < 4.78 is 2.83. The summed E-state index contributed by atoms with van der Waals surface area (Å²) in [4.78, 5) is 4.12. The van der Waals surface area contributed by atoms with Gasteiger partial charge in [-0.05, 0) is 28.8 Å². The van der Waals surface area contributed by atoms with Gasteiger partial charge in [0, 0.05) is 12.6 Å². The minimum Gasteiger partial charge on any atom is -0.326 e. The fourth-order valence-corrected chi connectivity index (χ4v) is 2.41. The molecule has 0 bridgehead atoms. The van der Waals surface area contributed by atoms with E-state index in [2.05, 4.69) is 20.9 Å². The normalized spacial score (nSPS) is 22.4. The van der Waals surface area contributed by atoms with Crippen LogP contribution in [0.2, 0.25) is 5.15 Å². The van der Waals surface area contributed by atoms with E-state index in [0.29, 0.717) is 5.15 Å². The molecule has 0 saturated carbocycles. The summed E-state index contributed by atoms with van der Waals surface area (Å²) in [6.07, 6.45) is 1.93. The van der Waals surface area contributed by atoms with Gasteiger partial charge in [-0.2, -0.15) is 0 Å². The molecule has 66 valence electrons. The van der Waals surface area contributed by atoms with Gasteiger partial charge in [0.1, 0.15) is 0 Å². The summed E-state index contributed by atoms with van der Waals surface area (Å²) in [5.41, 5.74) is 6.92. The highest BCUT2D eigenvalue weighted by atomic mass is 79.9. The zero-order valence-corrected chi connectivity index (χ0v) is 8.77. The molecule has 0 amide bonds. The highest BCUT2D eigenvalue weighted by Gasteiger charge is 2.21.